The molecule has 0 radical (unpaired) electrons. The summed E-state index contributed by atoms with van der Waals surface area (Å²) in [7, 11) is -2.99. The lowest BCUT2D eigenvalue weighted by Crippen LogP contribution is -2.36. The maximum Gasteiger partial charge on any atom is 0.573 e. The average Bonchev–Trinajstić information content (AvgIpc) is 3.10. The highest BCUT2D eigenvalue weighted by molar-refractivity contribution is 7.89. The van der Waals surface area contributed by atoms with Crippen LogP contribution in [0.4, 0.5) is 22.8 Å². The third-order valence-electron chi connectivity index (χ3n) is 5.46. The molecule has 3 rings (SSSR count). The molecule has 3 amide bonds. The number of likely N-dealkylation sites (N-methyl/N-ethyl adjacent to an activating group) is 1. The minimum atomic E-state index is -5.03. The van der Waals surface area contributed by atoms with E-state index in [0.29, 0.717) is 25.1 Å². The van der Waals surface area contributed by atoms with Crippen LogP contribution < -0.4 is 4.74 Å². The van der Waals surface area contributed by atoms with Crippen LogP contribution in [0.1, 0.15) is 25.3 Å². The van der Waals surface area contributed by atoms with Crippen LogP contribution in [0.3, 0.4) is 0 Å². The monoisotopic (exact) mass is 530 g/mol. The fourth-order valence-electron chi connectivity index (χ4n) is 3.62. The van der Waals surface area contributed by atoms with Gasteiger partial charge in [-0.05, 0) is 36.2 Å². The number of halogens is 3. The predicted molar refractivity (Wildman–Crippen MR) is 122 cm³/mol. The lowest BCUT2D eigenvalue weighted by molar-refractivity contribution is -0.274. The number of sulfonamides is 1. The van der Waals surface area contributed by atoms with Gasteiger partial charge in [-0.2, -0.15) is 0 Å². The lowest BCUT2D eigenvalue weighted by atomic mass is 10.1. The van der Waals surface area contributed by atoms with Gasteiger partial charge in [-0.15, -0.1) is 13.2 Å². The summed E-state index contributed by atoms with van der Waals surface area (Å²) in [5.41, 5.74) is 0.336. The Morgan fingerprint density at radius 2 is 1.94 bits per heavy atom. The summed E-state index contributed by atoms with van der Waals surface area (Å²) in [6, 6.07) is 5.30. The molecule has 36 heavy (non-hydrogen) atoms. The highest BCUT2D eigenvalue weighted by Gasteiger charge is 2.34. The van der Waals surface area contributed by atoms with Crippen LogP contribution >= 0.6 is 0 Å². The first-order valence-electron chi connectivity index (χ1n) is 10.9. The van der Waals surface area contributed by atoms with Gasteiger partial charge in [0, 0.05) is 45.0 Å². The third-order valence-corrected chi connectivity index (χ3v) is 7.29. The molecule has 0 spiro atoms. The molecule has 0 bridgehead atoms. The Labute approximate surface area is 205 Å². The molecule has 1 fully saturated rings. The van der Waals surface area contributed by atoms with E-state index in [0.717, 1.165) is 18.2 Å². The van der Waals surface area contributed by atoms with Crippen molar-refractivity contribution >= 4 is 22.1 Å². The first kappa shape index (κ1) is 27.0. The van der Waals surface area contributed by atoms with E-state index in [1.54, 1.807) is 29.8 Å². The molecule has 0 atom stereocenters. The van der Waals surface area contributed by atoms with Gasteiger partial charge in [0.1, 0.15) is 5.75 Å². The Morgan fingerprint density at radius 3 is 2.47 bits per heavy atom. The van der Waals surface area contributed by atoms with Crippen molar-refractivity contribution in [2.75, 3.05) is 26.7 Å². The molecule has 1 saturated heterocycles. The first-order valence-corrected chi connectivity index (χ1v) is 12.4. The van der Waals surface area contributed by atoms with E-state index in [9.17, 15) is 36.3 Å². The van der Waals surface area contributed by atoms with Crippen molar-refractivity contribution in [1.82, 2.24) is 19.1 Å². The third kappa shape index (κ3) is 6.17. The Morgan fingerprint density at radius 1 is 1.22 bits per heavy atom. The summed E-state index contributed by atoms with van der Waals surface area (Å²) in [6.07, 6.45) is -4.59. The van der Waals surface area contributed by atoms with Crippen LogP contribution in [-0.2, 0) is 16.6 Å². The SMILES string of the molecule is CCCCN(C(=O)O)S(=O)(=O)c1ccc(OC(F)(F)F)cc1-c1ccc(CN2CCN(C)C2=O)cn1. The second-order valence-corrected chi connectivity index (χ2v) is 9.93. The molecule has 1 aromatic heterocycles. The largest absolute Gasteiger partial charge is 0.573 e. The molecular formula is C22H25F3N4O6S. The zero-order valence-corrected chi connectivity index (χ0v) is 20.3. The molecule has 1 aromatic carbocycles. The molecule has 2 heterocycles. The fourth-order valence-corrected chi connectivity index (χ4v) is 5.11. The number of rotatable bonds is 9. The number of hydrogen-bond acceptors (Lipinski definition) is 6. The number of carbonyl (C=O) groups excluding carboxylic acids is 1. The Kier molecular flexibility index (Phi) is 7.96. The van der Waals surface area contributed by atoms with E-state index in [-0.39, 0.29) is 41.1 Å². The first-order chi connectivity index (χ1) is 16.8. The summed E-state index contributed by atoms with van der Waals surface area (Å²) in [5.74, 6) is -0.691. The van der Waals surface area contributed by atoms with Gasteiger partial charge in [0.2, 0.25) is 0 Å². The molecule has 1 aliphatic rings. The van der Waals surface area contributed by atoms with E-state index in [4.69, 9.17) is 0 Å². The number of pyridine rings is 1. The quantitative estimate of drug-likeness (QED) is 0.521. The highest BCUT2D eigenvalue weighted by Crippen LogP contribution is 2.34. The molecule has 0 saturated carbocycles. The van der Waals surface area contributed by atoms with Crippen molar-refractivity contribution in [3.05, 3.63) is 42.1 Å². The second kappa shape index (κ2) is 10.6. The Bertz CT molecular complexity index is 1220. The molecule has 0 aliphatic carbocycles. The van der Waals surface area contributed by atoms with Crippen molar-refractivity contribution in [1.29, 1.82) is 0 Å². The molecule has 2 aromatic rings. The van der Waals surface area contributed by atoms with Crippen molar-refractivity contribution in [2.45, 2.75) is 37.6 Å². The van der Waals surface area contributed by atoms with E-state index < -0.39 is 33.1 Å². The van der Waals surface area contributed by atoms with Gasteiger partial charge < -0.3 is 19.6 Å². The van der Waals surface area contributed by atoms with Crippen LogP contribution in [0, 0.1) is 0 Å². The molecule has 1 aliphatic heterocycles. The van der Waals surface area contributed by atoms with Crippen molar-refractivity contribution in [3.63, 3.8) is 0 Å². The van der Waals surface area contributed by atoms with E-state index >= 15 is 0 Å². The number of unbranched alkanes of at least 4 members (excludes halogenated alkanes) is 1. The predicted octanol–water partition coefficient (Wildman–Crippen LogP) is 3.98. The van der Waals surface area contributed by atoms with Crippen LogP contribution in [0.5, 0.6) is 5.75 Å². The summed E-state index contributed by atoms with van der Waals surface area (Å²) in [5, 5.41) is 9.50. The minimum absolute atomic E-state index is 0.0179. The number of amides is 3. The number of alkyl halides is 3. The number of hydrogen-bond donors (Lipinski definition) is 1. The minimum Gasteiger partial charge on any atom is -0.464 e. The number of carbonyl (C=O) groups is 2. The van der Waals surface area contributed by atoms with Gasteiger partial charge in [-0.1, -0.05) is 19.4 Å². The number of benzene rings is 1. The molecule has 0 unspecified atom stereocenters. The fraction of sp³-hybridized carbons (Fsp3) is 0.409. The molecule has 14 heteroatoms. The second-order valence-electron chi connectivity index (χ2n) is 8.10. The summed E-state index contributed by atoms with van der Waals surface area (Å²) in [4.78, 5) is 30.6. The Hall–Kier alpha value is -3.55. The molecule has 10 nitrogen and oxygen atoms in total. The van der Waals surface area contributed by atoms with Gasteiger partial charge in [0.15, 0.2) is 0 Å². The lowest BCUT2D eigenvalue weighted by Gasteiger charge is -2.21. The van der Waals surface area contributed by atoms with Crippen molar-refractivity contribution in [3.8, 4) is 17.0 Å². The zero-order valence-electron chi connectivity index (χ0n) is 19.5. The molecule has 196 valence electrons. The van der Waals surface area contributed by atoms with Gasteiger partial charge >= 0.3 is 18.5 Å². The van der Waals surface area contributed by atoms with Gasteiger partial charge in [-0.25, -0.2) is 22.3 Å². The van der Waals surface area contributed by atoms with E-state index in [2.05, 4.69) is 9.72 Å². The smallest absolute Gasteiger partial charge is 0.464 e. The van der Waals surface area contributed by atoms with Crippen LogP contribution in [0.15, 0.2) is 41.4 Å². The number of nitrogens with zero attached hydrogens (tertiary/aromatic N) is 4. The van der Waals surface area contributed by atoms with Crippen molar-refractivity contribution in [2.24, 2.45) is 0 Å². The molecular weight excluding hydrogens is 505 g/mol. The van der Waals surface area contributed by atoms with E-state index in [1.165, 1.54) is 12.3 Å². The van der Waals surface area contributed by atoms with Crippen LogP contribution in [-0.4, -0.2) is 77.8 Å². The van der Waals surface area contributed by atoms with Crippen LogP contribution in [0.25, 0.3) is 11.3 Å². The van der Waals surface area contributed by atoms with Crippen LogP contribution in [0.2, 0.25) is 0 Å². The maximum absolute atomic E-state index is 13.2. The number of aromatic nitrogens is 1. The number of ether oxygens (including phenoxy) is 1. The van der Waals surface area contributed by atoms with Gasteiger partial charge in [-0.3, -0.25) is 4.98 Å². The summed E-state index contributed by atoms with van der Waals surface area (Å²) >= 11 is 0. The summed E-state index contributed by atoms with van der Waals surface area (Å²) < 4.78 is 69.1. The number of urea groups is 1. The average molecular weight is 531 g/mol. The zero-order chi connectivity index (χ0) is 26.7. The normalized spacial score (nSPS) is 14.3. The topological polar surface area (TPSA) is 120 Å². The van der Waals surface area contributed by atoms with Gasteiger partial charge in [0.05, 0.1) is 10.6 Å². The molecule has 1 N–H and O–H groups in total. The van der Waals surface area contributed by atoms with Gasteiger partial charge in [0.25, 0.3) is 10.0 Å². The van der Waals surface area contributed by atoms with Crippen molar-refractivity contribution < 1.29 is 41.0 Å². The summed E-state index contributed by atoms with van der Waals surface area (Å²) in [6.45, 7) is 2.75. The maximum atomic E-state index is 13.2. The standard InChI is InChI=1S/C22H25F3N4O6S/c1-3-4-9-29(21(31)32)36(33,34)19-8-6-16(35-22(23,24)25)12-17(19)18-7-5-15(13-26-18)14-28-11-10-27(2)20(28)30/h5-8,12-13H,3-4,9-11,14H2,1-2H3,(H,31,32). The van der Waals surface area contributed by atoms with E-state index in [1.807, 2.05) is 0 Å². The highest BCUT2D eigenvalue weighted by atomic mass is 32.2. The Balaban J connectivity index is 2.02. The number of carboxylic acid groups (broad SMARTS) is 1.